The van der Waals surface area contributed by atoms with Gasteiger partial charge in [0.25, 0.3) is 0 Å². The molecule has 0 unspecified atom stereocenters. The van der Waals surface area contributed by atoms with E-state index < -0.39 is 62.6 Å². The number of anilines is 2. The maximum Gasteiger partial charge on any atom is 0.412 e. The van der Waals surface area contributed by atoms with Crippen molar-refractivity contribution in [1.29, 1.82) is 5.26 Å². The van der Waals surface area contributed by atoms with Crippen LogP contribution in [0.25, 0.3) is 21.3 Å². The summed E-state index contributed by atoms with van der Waals surface area (Å²) in [5.74, 6) is -5.72. The number of nitrogens with zero attached hydrogens (tertiary/aromatic N) is 2. The molecule has 1 aromatic carbocycles. The van der Waals surface area contributed by atoms with Gasteiger partial charge in [-0.3, -0.25) is 10.3 Å². The monoisotopic (exact) mass is 498 g/mol. The van der Waals surface area contributed by atoms with Gasteiger partial charge >= 0.3 is 12.1 Å². The van der Waals surface area contributed by atoms with E-state index >= 15 is 4.39 Å². The fourth-order valence-electron chi connectivity index (χ4n) is 2.95. The number of carbonyl (C=O) groups is 2. The highest BCUT2D eigenvalue weighted by atomic mass is 35.5. The minimum absolute atomic E-state index is 0.137. The van der Waals surface area contributed by atoms with E-state index in [0.29, 0.717) is 17.5 Å². The Bertz CT molecular complexity index is 1350. The molecule has 33 heavy (non-hydrogen) atoms. The van der Waals surface area contributed by atoms with Crippen molar-refractivity contribution in [1.82, 2.24) is 4.98 Å². The number of rotatable bonds is 3. The van der Waals surface area contributed by atoms with Crippen LogP contribution in [-0.2, 0) is 4.74 Å². The van der Waals surface area contributed by atoms with Crippen LogP contribution in [0.1, 0.15) is 36.7 Å². The van der Waals surface area contributed by atoms with Crippen molar-refractivity contribution in [3.8, 4) is 17.3 Å². The molecule has 0 aliphatic heterocycles. The summed E-state index contributed by atoms with van der Waals surface area (Å²) in [6.07, 6.45) is -0.257. The highest BCUT2D eigenvalue weighted by Gasteiger charge is 2.31. The zero-order valence-corrected chi connectivity index (χ0v) is 18.7. The number of benzene rings is 1. The Balaban J connectivity index is 2.33. The topological polar surface area (TPSA) is 138 Å². The number of nitrogens with two attached hydrogens (primary N) is 1. The van der Waals surface area contributed by atoms with Crippen molar-refractivity contribution in [3.63, 3.8) is 0 Å². The van der Waals surface area contributed by atoms with E-state index in [1.165, 1.54) is 0 Å². The molecule has 0 fully saturated rings. The minimum atomic E-state index is -1.85. The van der Waals surface area contributed by atoms with E-state index in [9.17, 15) is 23.6 Å². The van der Waals surface area contributed by atoms with Crippen molar-refractivity contribution in [3.05, 3.63) is 39.8 Å². The molecule has 3 aromatic rings. The smallest absolute Gasteiger partial charge is 0.412 e. The molecule has 3 rings (SSSR count). The minimum Gasteiger partial charge on any atom is -0.478 e. The molecule has 8 nitrogen and oxygen atoms in total. The third kappa shape index (κ3) is 4.24. The molecule has 4 N–H and O–H groups in total. The average molecular weight is 499 g/mol. The second-order valence-electron chi connectivity index (χ2n) is 7.61. The number of carbonyl (C=O) groups excluding carboxylic acids is 1. The Kier molecular flexibility index (Phi) is 6.14. The van der Waals surface area contributed by atoms with E-state index in [-0.39, 0.29) is 20.7 Å². The first-order valence-electron chi connectivity index (χ1n) is 8.99. The Labute approximate surface area is 193 Å². The lowest BCUT2D eigenvalue weighted by atomic mass is 10.0. The fourth-order valence-corrected chi connectivity index (χ4v) is 4.25. The average Bonchev–Trinajstić information content (AvgIpc) is 3.05. The third-order valence-corrected chi connectivity index (χ3v) is 5.67. The van der Waals surface area contributed by atoms with Crippen LogP contribution in [0.5, 0.6) is 0 Å². The van der Waals surface area contributed by atoms with Gasteiger partial charge in [-0.25, -0.2) is 22.8 Å². The highest BCUT2D eigenvalue weighted by molar-refractivity contribution is 7.23. The summed E-state index contributed by atoms with van der Waals surface area (Å²) in [5.41, 5.74) is 0.808. The molecule has 0 saturated heterocycles. The van der Waals surface area contributed by atoms with Crippen molar-refractivity contribution < 1.29 is 32.6 Å². The number of hydrogen-bond donors (Lipinski definition) is 3. The number of amides is 1. The highest BCUT2D eigenvalue weighted by Crippen LogP contribution is 2.45. The molecule has 13 heteroatoms. The van der Waals surface area contributed by atoms with E-state index in [0.717, 1.165) is 0 Å². The first-order valence-corrected chi connectivity index (χ1v) is 10.2. The number of aromatic nitrogens is 1. The van der Waals surface area contributed by atoms with Crippen LogP contribution in [0, 0.1) is 28.8 Å². The predicted octanol–water partition coefficient (Wildman–Crippen LogP) is 5.53. The van der Waals surface area contributed by atoms with Gasteiger partial charge in [-0.05, 0) is 20.8 Å². The fraction of sp³-hybridized carbons (Fsp3) is 0.200. The maximum atomic E-state index is 15.1. The van der Waals surface area contributed by atoms with Gasteiger partial charge in [-0.2, -0.15) is 5.26 Å². The Morgan fingerprint density at radius 1 is 1.30 bits per heavy atom. The molecule has 2 aromatic heterocycles. The molecule has 0 saturated carbocycles. The van der Waals surface area contributed by atoms with Crippen LogP contribution in [0.2, 0.25) is 5.02 Å². The Morgan fingerprint density at radius 3 is 2.48 bits per heavy atom. The SMILES string of the molecule is CC(C)(C)OC(=O)Nc1sc2c(F)cnc(-c3c(F)c(N)c(C(=O)O)c(F)c3Cl)c2c1C#N. The van der Waals surface area contributed by atoms with Crippen LogP contribution in [0.3, 0.4) is 0 Å². The number of carboxylic acids is 1. The van der Waals surface area contributed by atoms with Crippen molar-refractivity contribution in [2.75, 3.05) is 11.1 Å². The molecule has 1 amide bonds. The van der Waals surface area contributed by atoms with E-state index in [4.69, 9.17) is 27.2 Å². The summed E-state index contributed by atoms with van der Waals surface area (Å²) in [5, 5.41) is 19.7. The van der Waals surface area contributed by atoms with Gasteiger partial charge in [-0.15, -0.1) is 11.3 Å². The number of nitrogen functional groups attached to an aromatic ring is 1. The van der Waals surface area contributed by atoms with Gasteiger partial charge < -0.3 is 15.6 Å². The number of fused-ring (bicyclic) bond motifs is 1. The molecule has 0 bridgehead atoms. The molecule has 0 spiro atoms. The zero-order valence-electron chi connectivity index (χ0n) is 17.1. The third-order valence-electron chi connectivity index (χ3n) is 4.20. The van der Waals surface area contributed by atoms with Crippen LogP contribution in [-0.4, -0.2) is 27.8 Å². The Morgan fingerprint density at radius 2 is 1.94 bits per heavy atom. The van der Waals surface area contributed by atoms with Gasteiger partial charge in [0.2, 0.25) is 0 Å². The number of ether oxygens (including phenoxy) is 1. The summed E-state index contributed by atoms with van der Waals surface area (Å²) in [4.78, 5) is 27.2. The first-order chi connectivity index (χ1) is 15.3. The normalized spacial score (nSPS) is 11.3. The molecule has 172 valence electrons. The van der Waals surface area contributed by atoms with Crippen molar-refractivity contribution >= 4 is 55.8 Å². The van der Waals surface area contributed by atoms with E-state index in [2.05, 4.69) is 10.3 Å². The largest absolute Gasteiger partial charge is 0.478 e. The number of hydrogen-bond acceptors (Lipinski definition) is 7. The molecule has 0 radical (unpaired) electrons. The van der Waals surface area contributed by atoms with Gasteiger partial charge in [0.1, 0.15) is 22.2 Å². The number of nitriles is 1. The lowest BCUT2D eigenvalue weighted by Crippen LogP contribution is -2.27. The molecule has 2 heterocycles. The quantitative estimate of drug-likeness (QED) is 0.318. The number of pyridine rings is 1. The van der Waals surface area contributed by atoms with Gasteiger partial charge in [0, 0.05) is 5.39 Å². The molecule has 0 atom stereocenters. The molecule has 0 aliphatic rings. The van der Waals surface area contributed by atoms with Gasteiger partial charge in [0.05, 0.1) is 38.4 Å². The predicted molar refractivity (Wildman–Crippen MR) is 116 cm³/mol. The lowest BCUT2D eigenvalue weighted by Gasteiger charge is -2.19. The molecular weight excluding hydrogens is 485 g/mol. The molecule has 0 aliphatic carbocycles. The van der Waals surface area contributed by atoms with Crippen molar-refractivity contribution in [2.24, 2.45) is 0 Å². The maximum absolute atomic E-state index is 15.1. The number of halogens is 4. The summed E-state index contributed by atoms with van der Waals surface area (Å²) < 4.78 is 49.2. The number of aromatic carboxylic acids is 1. The number of nitrogens with one attached hydrogen (secondary N) is 1. The lowest BCUT2D eigenvalue weighted by molar-refractivity contribution is 0.0634. The summed E-state index contributed by atoms with van der Waals surface area (Å²) >= 11 is 6.55. The van der Waals surface area contributed by atoms with Crippen LogP contribution in [0.4, 0.5) is 28.7 Å². The first kappa shape index (κ1) is 24.1. The molecular formula is C20H14ClF3N4O4S. The Hall–Kier alpha value is -3.56. The van der Waals surface area contributed by atoms with Crippen molar-refractivity contribution in [2.45, 2.75) is 26.4 Å². The standard InChI is InChI=1S/C20H14ClF3N4O4S/c1-20(2,3)32-19(31)28-17-6(4-25)8-15(27-5-7(22)16(8)33-17)9-11(21)12(23)10(18(29)30)14(26)13(9)24/h5H,26H2,1-3H3,(H,28,31)(H,29,30). The second-order valence-corrected chi connectivity index (χ2v) is 9.01. The van der Waals surface area contributed by atoms with Crippen LogP contribution < -0.4 is 11.1 Å². The number of carboxylic acid groups (broad SMARTS) is 1. The number of thiophene rings is 1. The van der Waals surface area contributed by atoms with Gasteiger partial charge in [-0.1, -0.05) is 11.6 Å². The van der Waals surface area contributed by atoms with E-state index in [1.54, 1.807) is 26.8 Å². The van der Waals surface area contributed by atoms with Crippen LogP contribution >= 0.6 is 22.9 Å². The summed E-state index contributed by atoms with van der Waals surface area (Å²) in [7, 11) is 0. The van der Waals surface area contributed by atoms with Crippen LogP contribution in [0.15, 0.2) is 6.20 Å². The summed E-state index contributed by atoms with van der Waals surface area (Å²) in [6.45, 7) is 4.82. The zero-order chi connectivity index (χ0) is 24.8. The van der Waals surface area contributed by atoms with E-state index in [1.807, 2.05) is 0 Å². The second kappa shape index (κ2) is 8.42. The van der Waals surface area contributed by atoms with Gasteiger partial charge in [0.15, 0.2) is 17.5 Å². The summed E-state index contributed by atoms with van der Waals surface area (Å²) in [6, 6.07) is 1.77.